The van der Waals surface area contributed by atoms with Crippen LogP contribution in [0.5, 0.6) is 5.75 Å². The Balaban J connectivity index is 2.00. The Morgan fingerprint density at radius 2 is 1.81 bits per heavy atom. The molecule has 112 valence electrons. The third-order valence-corrected chi connectivity index (χ3v) is 3.64. The molecule has 0 radical (unpaired) electrons. The maximum Gasteiger partial charge on any atom is 0.120 e. The molecule has 2 rings (SSSR count). The highest BCUT2D eigenvalue weighted by Gasteiger charge is 2.09. The van der Waals surface area contributed by atoms with Crippen molar-refractivity contribution in [1.29, 1.82) is 0 Å². The quantitative estimate of drug-likeness (QED) is 0.852. The second kappa shape index (κ2) is 7.28. The summed E-state index contributed by atoms with van der Waals surface area (Å²) in [6.45, 7) is 6.22. The molecule has 0 aliphatic heterocycles. The maximum absolute atomic E-state index is 6.34. The summed E-state index contributed by atoms with van der Waals surface area (Å²) in [5, 5.41) is 0. The zero-order chi connectivity index (χ0) is 15.2. The number of hydrogen-bond donors (Lipinski definition) is 1. The minimum atomic E-state index is 0.0420. The number of aryl methyl sites for hydroxylation is 2. The SMILES string of the molecule is Cc1ccccc1CCC(N)c1cccc(OC(C)C)c1. The first-order valence-corrected chi connectivity index (χ1v) is 7.63. The van der Waals surface area contributed by atoms with Crippen molar-refractivity contribution < 1.29 is 4.74 Å². The number of hydrogen-bond acceptors (Lipinski definition) is 2. The van der Waals surface area contributed by atoms with Gasteiger partial charge >= 0.3 is 0 Å². The van der Waals surface area contributed by atoms with Gasteiger partial charge in [0.05, 0.1) is 6.10 Å². The zero-order valence-corrected chi connectivity index (χ0v) is 13.2. The predicted octanol–water partition coefficient (Wildman–Crippen LogP) is 4.41. The van der Waals surface area contributed by atoms with E-state index in [1.165, 1.54) is 11.1 Å². The number of benzene rings is 2. The van der Waals surface area contributed by atoms with Gasteiger partial charge in [-0.1, -0.05) is 36.4 Å². The van der Waals surface area contributed by atoms with Crippen LogP contribution in [-0.2, 0) is 6.42 Å². The van der Waals surface area contributed by atoms with Crippen molar-refractivity contribution in [1.82, 2.24) is 0 Å². The fourth-order valence-electron chi connectivity index (χ4n) is 2.46. The molecular formula is C19H25NO. The first-order valence-electron chi connectivity index (χ1n) is 7.63. The lowest BCUT2D eigenvalue weighted by atomic mass is 9.97. The number of nitrogens with two attached hydrogens (primary N) is 1. The molecule has 0 aromatic heterocycles. The zero-order valence-electron chi connectivity index (χ0n) is 13.2. The smallest absolute Gasteiger partial charge is 0.120 e. The van der Waals surface area contributed by atoms with Crippen molar-refractivity contribution in [2.24, 2.45) is 5.73 Å². The molecule has 0 spiro atoms. The molecule has 1 unspecified atom stereocenters. The highest BCUT2D eigenvalue weighted by Crippen LogP contribution is 2.22. The van der Waals surface area contributed by atoms with Crippen molar-refractivity contribution in [3.05, 3.63) is 65.2 Å². The molecule has 0 saturated heterocycles. The van der Waals surface area contributed by atoms with E-state index < -0.39 is 0 Å². The Bertz CT molecular complexity index is 577. The summed E-state index contributed by atoms with van der Waals surface area (Å²) in [6, 6.07) is 16.7. The molecule has 2 nitrogen and oxygen atoms in total. The lowest BCUT2D eigenvalue weighted by molar-refractivity contribution is 0.242. The van der Waals surface area contributed by atoms with E-state index in [0.29, 0.717) is 0 Å². The van der Waals surface area contributed by atoms with Gasteiger partial charge in [-0.15, -0.1) is 0 Å². The molecule has 0 aliphatic rings. The molecule has 2 heteroatoms. The van der Waals surface area contributed by atoms with Crippen LogP contribution in [0, 0.1) is 6.92 Å². The van der Waals surface area contributed by atoms with Gasteiger partial charge in [0.1, 0.15) is 5.75 Å². The summed E-state index contributed by atoms with van der Waals surface area (Å²) in [5.41, 5.74) is 10.2. The van der Waals surface area contributed by atoms with Crippen LogP contribution in [0.15, 0.2) is 48.5 Å². The van der Waals surface area contributed by atoms with Gasteiger partial charge < -0.3 is 10.5 Å². The van der Waals surface area contributed by atoms with E-state index in [1.54, 1.807) is 0 Å². The summed E-state index contributed by atoms with van der Waals surface area (Å²) in [4.78, 5) is 0. The van der Waals surface area contributed by atoms with Gasteiger partial charge in [-0.2, -0.15) is 0 Å². The molecule has 2 N–H and O–H groups in total. The molecule has 21 heavy (non-hydrogen) atoms. The highest BCUT2D eigenvalue weighted by atomic mass is 16.5. The van der Waals surface area contributed by atoms with Gasteiger partial charge in [-0.3, -0.25) is 0 Å². The van der Waals surface area contributed by atoms with Crippen LogP contribution >= 0.6 is 0 Å². The van der Waals surface area contributed by atoms with Crippen molar-refractivity contribution >= 4 is 0 Å². The maximum atomic E-state index is 6.34. The Morgan fingerprint density at radius 1 is 1.05 bits per heavy atom. The van der Waals surface area contributed by atoms with Gasteiger partial charge in [0.25, 0.3) is 0 Å². The standard InChI is InChI=1S/C19H25NO/c1-14(2)21-18-10-6-9-17(13-18)19(20)12-11-16-8-5-4-7-15(16)3/h4-10,13-14,19H,11-12,20H2,1-3H3. The van der Waals surface area contributed by atoms with E-state index in [0.717, 1.165) is 24.2 Å². The van der Waals surface area contributed by atoms with E-state index in [2.05, 4.69) is 43.3 Å². The summed E-state index contributed by atoms with van der Waals surface area (Å²) >= 11 is 0. The molecule has 1 atom stereocenters. The van der Waals surface area contributed by atoms with Crippen molar-refractivity contribution in [3.8, 4) is 5.75 Å². The molecular weight excluding hydrogens is 258 g/mol. The van der Waals surface area contributed by atoms with Crippen LogP contribution in [0.1, 0.15) is 43.0 Å². The molecule has 0 fully saturated rings. The van der Waals surface area contributed by atoms with Crippen LogP contribution in [0.3, 0.4) is 0 Å². The summed E-state index contributed by atoms with van der Waals surface area (Å²) < 4.78 is 5.73. The van der Waals surface area contributed by atoms with Crippen molar-refractivity contribution in [2.45, 2.75) is 45.8 Å². The normalized spacial score (nSPS) is 12.4. The molecule has 0 saturated carbocycles. The van der Waals surface area contributed by atoms with Crippen LogP contribution in [0.25, 0.3) is 0 Å². The van der Waals surface area contributed by atoms with Crippen LogP contribution in [0.2, 0.25) is 0 Å². The topological polar surface area (TPSA) is 35.2 Å². The molecule has 0 bridgehead atoms. The Morgan fingerprint density at radius 3 is 2.52 bits per heavy atom. The van der Waals surface area contributed by atoms with E-state index in [-0.39, 0.29) is 12.1 Å². The largest absolute Gasteiger partial charge is 0.491 e. The third-order valence-electron chi connectivity index (χ3n) is 3.64. The Hall–Kier alpha value is -1.80. The fourth-order valence-corrected chi connectivity index (χ4v) is 2.46. The molecule has 0 aliphatic carbocycles. The summed E-state index contributed by atoms with van der Waals surface area (Å²) in [7, 11) is 0. The average molecular weight is 283 g/mol. The first kappa shape index (κ1) is 15.6. The van der Waals surface area contributed by atoms with Gasteiger partial charge in [0.15, 0.2) is 0 Å². The van der Waals surface area contributed by atoms with Gasteiger partial charge in [-0.25, -0.2) is 0 Å². The van der Waals surface area contributed by atoms with E-state index >= 15 is 0 Å². The average Bonchev–Trinajstić information content (AvgIpc) is 2.45. The Labute approximate surface area is 127 Å². The molecule has 0 heterocycles. The second-order valence-electron chi connectivity index (χ2n) is 5.81. The summed E-state index contributed by atoms with van der Waals surface area (Å²) in [5.74, 6) is 0.897. The monoisotopic (exact) mass is 283 g/mol. The highest BCUT2D eigenvalue weighted by molar-refractivity contribution is 5.31. The number of rotatable bonds is 6. The third kappa shape index (κ3) is 4.61. The molecule has 2 aromatic rings. The fraction of sp³-hybridized carbons (Fsp3) is 0.368. The van der Waals surface area contributed by atoms with Crippen LogP contribution in [0.4, 0.5) is 0 Å². The van der Waals surface area contributed by atoms with E-state index in [1.807, 2.05) is 26.0 Å². The second-order valence-corrected chi connectivity index (χ2v) is 5.81. The Kier molecular flexibility index (Phi) is 5.40. The molecule has 0 amide bonds. The van der Waals surface area contributed by atoms with Crippen molar-refractivity contribution in [2.75, 3.05) is 0 Å². The predicted molar refractivity (Wildman–Crippen MR) is 88.6 cm³/mol. The van der Waals surface area contributed by atoms with Crippen LogP contribution in [-0.4, -0.2) is 6.10 Å². The first-order chi connectivity index (χ1) is 10.1. The van der Waals surface area contributed by atoms with Gasteiger partial charge in [-0.05, 0) is 62.4 Å². The summed E-state index contributed by atoms with van der Waals surface area (Å²) in [6.07, 6.45) is 2.13. The minimum absolute atomic E-state index is 0.0420. The lowest BCUT2D eigenvalue weighted by Crippen LogP contribution is -2.12. The van der Waals surface area contributed by atoms with Gasteiger partial charge in [0.2, 0.25) is 0 Å². The van der Waals surface area contributed by atoms with E-state index in [9.17, 15) is 0 Å². The van der Waals surface area contributed by atoms with E-state index in [4.69, 9.17) is 10.5 Å². The van der Waals surface area contributed by atoms with Crippen LogP contribution < -0.4 is 10.5 Å². The molecule has 2 aromatic carbocycles. The van der Waals surface area contributed by atoms with Crippen molar-refractivity contribution in [3.63, 3.8) is 0 Å². The number of ether oxygens (including phenoxy) is 1. The van der Waals surface area contributed by atoms with Gasteiger partial charge in [0, 0.05) is 6.04 Å². The lowest BCUT2D eigenvalue weighted by Gasteiger charge is -2.15. The minimum Gasteiger partial charge on any atom is -0.491 e.